The molecule has 0 aromatic rings. The Kier molecular flexibility index (Phi) is 5.87. The van der Waals surface area contributed by atoms with Crippen LogP contribution in [0.3, 0.4) is 0 Å². The highest BCUT2D eigenvalue weighted by Gasteiger charge is 2.25. The number of rotatable bonds is 6. The van der Waals surface area contributed by atoms with Crippen LogP contribution >= 0.6 is 0 Å². The van der Waals surface area contributed by atoms with E-state index in [9.17, 15) is 8.42 Å². The first-order chi connectivity index (χ1) is 9.99. The highest BCUT2D eigenvalue weighted by molar-refractivity contribution is 7.88. The summed E-state index contributed by atoms with van der Waals surface area (Å²) < 4.78 is 24.5. The first-order valence-corrected chi connectivity index (χ1v) is 9.81. The Morgan fingerprint density at radius 3 is 2.33 bits per heavy atom. The number of hydrogen-bond acceptors (Lipinski definition) is 3. The van der Waals surface area contributed by atoms with Crippen molar-refractivity contribution in [1.82, 2.24) is 14.9 Å². The Bertz CT molecular complexity index is 452. The van der Waals surface area contributed by atoms with Gasteiger partial charge in [-0.2, -0.15) is 0 Å². The molecule has 2 fully saturated rings. The Labute approximate surface area is 128 Å². The van der Waals surface area contributed by atoms with Crippen LogP contribution in [0.4, 0.5) is 0 Å². The van der Waals surface area contributed by atoms with Crippen LogP contribution in [-0.2, 0) is 10.0 Å². The maximum Gasteiger partial charge on any atom is 0.211 e. The average Bonchev–Trinajstić information content (AvgIpc) is 3.25. The van der Waals surface area contributed by atoms with Crippen LogP contribution < -0.4 is 10.6 Å². The number of piperidine rings is 1. The van der Waals surface area contributed by atoms with E-state index in [-0.39, 0.29) is 0 Å². The van der Waals surface area contributed by atoms with Crippen LogP contribution in [0.2, 0.25) is 0 Å². The van der Waals surface area contributed by atoms with E-state index in [2.05, 4.69) is 22.5 Å². The largest absolute Gasteiger partial charge is 0.357 e. The minimum atomic E-state index is -3.02. The molecule has 1 saturated heterocycles. The predicted octanol–water partition coefficient (Wildman–Crippen LogP) is 0.623. The molecule has 0 spiro atoms. The number of hydrogen-bond donors (Lipinski definition) is 2. The van der Waals surface area contributed by atoms with Gasteiger partial charge in [0.2, 0.25) is 10.0 Å². The lowest BCUT2D eigenvalue weighted by molar-refractivity contribution is 0.275. The monoisotopic (exact) mass is 316 g/mol. The lowest BCUT2D eigenvalue weighted by atomic mass is 9.98. The van der Waals surface area contributed by atoms with Crippen LogP contribution in [0.5, 0.6) is 0 Å². The van der Waals surface area contributed by atoms with Gasteiger partial charge in [-0.3, -0.25) is 4.99 Å². The van der Waals surface area contributed by atoms with Gasteiger partial charge in [0.25, 0.3) is 0 Å². The van der Waals surface area contributed by atoms with Crippen LogP contribution in [0.1, 0.15) is 32.6 Å². The van der Waals surface area contributed by atoms with E-state index in [1.165, 1.54) is 19.1 Å². The molecule has 7 heteroatoms. The van der Waals surface area contributed by atoms with Gasteiger partial charge in [0.05, 0.1) is 6.26 Å². The van der Waals surface area contributed by atoms with Gasteiger partial charge in [0.1, 0.15) is 0 Å². The molecule has 1 heterocycles. The van der Waals surface area contributed by atoms with Gasteiger partial charge in [0.15, 0.2) is 5.96 Å². The highest BCUT2D eigenvalue weighted by atomic mass is 32.2. The molecule has 0 amide bonds. The molecule has 0 radical (unpaired) electrons. The molecule has 0 bridgehead atoms. The summed E-state index contributed by atoms with van der Waals surface area (Å²) >= 11 is 0. The fraction of sp³-hybridized carbons (Fsp3) is 0.929. The van der Waals surface area contributed by atoms with Crippen molar-refractivity contribution >= 4 is 16.0 Å². The Morgan fingerprint density at radius 2 is 1.81 bits per heavy atom. The third-order valence-corrected chi connectivity index (χ3v) is 5.45. The number of nitrogens with one attached hydrogen (secondary N) is 2. The van der Waals surface area contributed by atoms with E-state index >= 15 is 0 Å². The third-order valence-electron chi connectivity index (χ3n) is 4.15. The minimum absolute atomic E-state index is 0.521. The van der Waals surface area contributed by atoms with Crippen molar-refractivity contribution in [3.8, 4) is 0 Å². The molecule has 1 aliphatic heterocycles. The molecular weight excluding hydrogens is 288 g/mol. The summed E-state index contributed by atoms with van der Waals surface area (Å²) in [6.45, 7) is 6.00. The van der Waals surface area contributed by atoms with Crippen LogP contribution in [0, 0.1) is 11.8 Å². The van der Waals surface area contributed by atoms with Crippen molar-refractivity contribution in [3.63, 3.8) is 0 Å². The lowest BCUT2D eigenvalue weighted by Gasteiger charge is -2.30. The first kappa shape index (κ1) is 16.5. The van der Waals surface area contributed by atoms with Crippen molar-refractivity contribution in [3.05, 3.63) is 0 Å². The summed E-state index contributed by atoms with van der Waals surface area (Å²) in [7, 11) is -3.02. The summed E-state index contributed by atoms with van der Waals surface area (Å²) in [5, 5.41) is 6.67. The van der Waals surface area contributed by atoms with Crippen molar-refractivity contribution in [2.24, 2.45) is 16.8 Å². The molecule has 0 aromatic carbocycles. The average molecular weight is 316 g/mol. The molecule has 21 heavy (non-hydrogen) atoms. The molecular formula is C14H28N4O2S. The van der Waals surface area contributed by atoms with Gasteiger partial charge < -0.3 is 10.6 Å². The second kappa shape index (κ2) is 7.45. The van der Waals surface area contributed by atoms with Crippen LogP contribution in [0.15, 0.2) is 4.99 Å². The Balaban J connectivity index is 1.72. The van der Waals surface area contributed by atoms with Crippen molar-refractivity contribution < 1.29 is 8.42 Å². The van der Waals surface area contributed by atoms with E-state index in [1.807, 2.05) is 0 Å². The summed E-state index contributed by atoms with van der Waals surface area (Å²) in [4.78, 5) is 4.60. The fourth-order valence-electron chi connectivity index (χ4n) is 2.55. The van der Waals surface area contributed by atoms with E-state index in [1.54, 1.807) is 4.31 Å². The van der Waals surface area contributed by atoms with Crippen molar-refractivity contribution in [2.75, 3.05) is 39.0 Å². The number of nitrogens with zero attached hydrogens (tertiary/aromatic N) is 2. The van der Waals surface area contributed by atoms with Gasteiger partial charge in [-0.25, -0.2) is 12.7 Å². The lowest BCUT2D eigenvalue weighted by Crippen LogP contribution is -2.44. The molecule has 0 unspecified atom stereocenters. The molecule has 6 nitrogen and oxygen atoms in total. The normalized spacial score (nSPS) is 22.3. The third kappa shape index (κ3) is 5.82. The van der Waals surface area contributed by atoms with Gasteiger partial charge in [-0.1, -0.05) is 0 Å². The number of guanidine groups is 1. The second-order valence-electron chi connectivity index (χ2n) is 6.15. The van der Waals surface area contributed by atoms with E-state index in [0.717, 1.165) is 44.4 Å². The smallest absolute Gasteiger partial charge is 0.211 e. The molecule has 2 N–H and O–H groups in total. The molecule has 0 atom stereocenters. The standard InChI is InChI=1S/C14H28N4O2S/c1-3-15-14(16-10-12-4-5-12)17-11-13-6-8-18(9-7-13)21(2,19)20/h12-13H,3-11H2,1-2H3,(H2,15,16,17). The molecule has 2 rings (SSSR count). The summed E-state index contributed by atoms with van der Waals surface area (Å²) in [5.74, 6) is 2.21. The van der Waals surface area contributed by atoms with Gasteiger partial charge in [-0.05, 0) is 44.4 Å². The predicted molar refractivity (Wildman–Crippen MR) is 85.8 cm³/mol. The maximum absolute atomic E-state index is 11.5. The highest BCUT2D eigenvalue weighted by Crippen LogP contribution is 2.28. The number of aliphatic imine (C=N–C) groups is 1. The van der Waals surface area contributed by atoms with Crippen molar-refractivity contribution in [1.29, 1.82) is 0 Å². The zero-order valence-electron chi connectivity index (χ0n) is 13.1. The fourth-order valence-corrected chi connectivity index (χ4v) is 3.42. The zero-order valence-corrected chi connectivity index (χ0v) is 14.0. The van der Waals surface area contributed by atoms with E-state index in [0.29, 0.717) is 19.0 Å². The maximum atomic E-state index is 11.5. The second-order valence-corrected chi connectivity index (χ2v) is 8.13. The minimum Gasteiger partial charge on any atom is -0.357 e. The van der Waals surface area contributed by atoms with Crippen LogP contribution in [0.25, 0.3) is 0 Å². The summed E-state index contributed by atoms with van der Waals surface area (Å²) in [6.07, 6.45) is 5.75. The van der Waals surface area contributed by atoms with Gasteiger partial charge in [0, 0.05) is 32.7 Å². The topological polar surface area (TPSA) is 73.8 Å². The van der Waals surface area contributed by atoms with Crippen LogP contribution in [-0.4, -0.2) is 57.7 Å². The summed E-state index contributed by atoms with van der Waals surface area (Å²) in [5.41, 5.74) is 0. The molecule has 2 aliphatic rings. The SMILES string of the molecule is CCNC(=NCC1CC1)NCC1CCN(S(C)(=O)=O)CC1. The van der Waals surface area contributed by atoms with E-state index in [4.69, 9.17) is 0 Å². The Hall–Kier alpha value is -0.820. The number of sulfonamides is 1. The summed E-state index contributed by atoms with van der Waals surface area (Å²) in [6, 6.07) is 0. The van der Waals surface area contributed by atoms with Gasteiger partial charge in [-0.15, -0.1) is 0 Å². The molecule has 0 aromatic heterocycles. The molecule has 1 saturated carbocycles. The van der Waals surface area contributed by atoms with E-state index < -0.39 is 10.0 Å². The van der Waals surface area contributed by atoms with Crippen molar-refractivity contribution in [2.45, 2.75) is 32.6 Å². The molecule has 1 aliphatic carbocycles. The quantitative estimate of drug-likeness (QED) is 0.557. The zero-order chi connectivity index (χ0) is 15.3. The first-order valence-electron chi connectivity index (χ1n) is 7.96. The van der Waals surface area contributed by atoms with Gasteiger partial charge >= 0.3 is 0 Å². The Morgan fingerprint density at radius 1 is 1.14 bits per heavy atom. The molecule has 122 valence electrons.